The van der Waals surface area contributed by atoms with Crippen molar-refractivity contribution in [3.8, 4) is 0 Å². The molecule has 1 saturated heterocycles. The Labute approximate surface area is 77.6 Å². The molecule has 1 rings (SSSR count). The van der Waals surface area contributed by atoms with E-state index >= 15 is 0 Å². The van der Waals surface area contributed by atoms with Crippen LogP contribution in [-0.2, 0) is 14.3 Å². The molecule has 1 N–H and O–H groups in total. The number of nitrogens with one attached hydrogen (secondary N) is 1. The van der Waals surface area contributed by atoms with Crippen molar-refractivity contribution >= 4 is 11.9 Å². The van der Waals surface area contributed by atoms with Crippen LogP contribution in [0.2, 0.25) is 0 Å². The van der Waals surface area contributed by atoms with Crippen LogP contribution in [0.1, 0.15) is 26.2 Å². The minimum Gasteiger partial charge on any atom is -0.466 e. The predicted molar refractivity (Wildman–Crippen MR) is 47.0 cm³/mol. The Morgan fingerprint density at radius 2 is 2.38 bits per heavy atom. The first-order valence-corrected chi connectivity index (χ1v) is 4.67. The van der Waals surface area contributed by atoms with Crippen LogP contribution in [0.15, 0.2) is 0 Å². The molecule has 1 atom stereocenters. The minimum absolute atomic E-state index is 0.0341. The molecule has 0 radical (unpaired) electrons. The molecule has 1 heterocycles. The Morgan fingerprint density at radius 1 is 1.62 bits per heavy atom. The summed E-state index contributed by atoms with van der Waals surface area (Å²) in [7, 11) is 0. The first-order valence-electron chi connectivity index (χ1n) is 4.67. The molecule has 1 fully saturated rings. The lowest BCUT2D eigenvalue weighted by molar-refractivity contribution is -0.148. The highest BCUT2D eigenvalue weighted by Gasteiger charge is 2.23. The lowest BCUT2D eigenvalue weighted by Crippen LogP contribution is -2.22. The monoisotopic (exact) mass is 185 g/mol. The van der Waals surface area contributed by atoms with Crippen LogP contribution in [0.3, 0.4) is 0 Å². The van der Waals surface area contributed by atoms with Crippen LogP contribution in [0, 0.1) is 5.92 Å². The second kappa shape index (κ2) is 4.84. The third-order valence-electron chi connectivity index (χ3n) is 2.15. The van der Waals surface area contributed by atoms with Gasteiger partial charge in [0, 0.05) is 13.0 Å². The summed E-state index contributed by atoms with van der Waals surface area (Å²) in [4.78, 5) is 22.2. The van der Waals surface area contributed by atoms with Crippen molar-refractivity contribution in [1.82, 2.24) is 5.32 Å². The average Bonchev–Trinajstić information content (AvgIpc) is 2.30. The Bertz CT molecular complexity index is 203. The van der Waals surface area contributed by atoms with Crippen LogP contribution in [-0.4, -0.2) is 25.0 Å². The summed E-state index contributed by atoms with van der Waals surface area (Å²) in [6.45, 7) is 2.79. The molecule has 1 aliphatic heterocycles. The zero-order valence-electron chi connectivity index (χ0n) is 7.84. The summed E-state index contributed by atoms with van der Waals surface area (Å²) in [5, 5.41) is 2.72. The normalized spacial score (nSPS) is 23.2. The quantitative estimate of drug-likeness (QED) is 0.636. The molecule has 13 heavy (non-hydrogen) atoms. The fourth-order valence-electron chi connectivity index (χ4n) is 1.42. The zero-order chi connectivity index (χ0) is 9.68. The zero-order valence-corrected chi connectivity index (χ0v) is 7.84. The van der Waals surface area contributed by atoms with Crippen molar-refractivity contribution in [2.45, 2.75) is 26.2 Å². The number of carbonyl (C=O) groups is 2. The van der Waals surface area contributed by atoms with Gasteiger partial charge >= 0.3 is 5.97 Å². The number of amides is 1. The highest BCUT2D eigenvalue weighted by Crippen LogP contribution is 2.15. The van der Waals surface area contributed by atoms with Crippen LogP contribution >= 0.6 is 0 Å². The molecule has 0 aliphatic carbocycles. The maximum absolute atomic E-state index is 11.3. The molecule has 1 amide bonds. The van der Waals surface area contributed by atoms with E-state index in [-0.39, 0.29) is 17.8 Å². The first-order chi connectivity index (χ1) is 6.24. The van der Waals surface area contributed by atoms with Gasteiger partial charge in [-0.25, -0.2) is 0 Å². The van der Waals surface area contributed by atoms with Crippen molar-refractivity contribution in [3.05, 3.63) is 0 Å². The summed E-state index contributed by atoms with van der Waals surface area (Å²) < 4.78 is 4.89. The summed E-state index contributed by atoms with van der Waals surface area (Å²) in [6, 6.07) is 0. The molecule has 0 spiro atoms. The van der Waals surface area contributed by atoms with Crippen LogP contribution < -0.4 is 5.32 Å². The fraction of sp³-hybridized carbons (Fsp3) is 0.778. The number of ether oxygens (including phenoxy) is 1. The molecule has 0 aromatic heterocycles. The van der Waals surface area contributed by atoms with Gasteiger partial charge in [0.15, 0.2) is 0 Å². The van der Waals surface area contributed by atoms with Crippen LogP contribution in [0.4, 0.5) is 0 Å². The van der Waals surface area contributed by atoms with Crippen molar-refractivity contribution in [1.29, 1.82) is 0 Å². The van der Waals surface area contributed by atoms with Gasteiger partial charge in [0.1, 0.15) is 0 Å². The van der Waals surface area contributed by atoms with Crippen molar-refractivity contribution in [3.63, 3.8) is 0 Å². The molecule has 4 heteroatoms. The number of carbonyl (C=O) groups excluding carboxylic acids is 2. The molecular formula is C9H15NO3. The molecule has 0 saturated carbocycles. The van der Waals surface area contributed by atoms with E-state index in [9.17, 15) is 9.59 Å². The number of rotatable bonds is 2. The van der Waals surface area contributed by atoms with E-state index in [1.807, 2.05) is 0 Å². The minimum atomic E-state index is -0.168. The maximum atomic E-state index is 11.3. The van der Waals surface area contributed by atoms with E-state index in [0.29, 0.717) is 32.4 Å². The van der Waals surface area contributed by atoms with Gasteiger partial charge in [-0.3, -0.25) is 9.59 Å². The van der Waals surface area contributed by atoms with Gasteiger partial charge in [0.05, 0.1) is 12.5 Å². The largest absolute Gasteiger partial charge is 0.466 e. The highest BCUT2D eigenvalue weighted by molar-refractivity contribution is 5.78. The Hall–Kier alpha value is -1.06. The summed E-state index contributed by atoms with van der Waals surface area (Å²) in [6.07, 6.45) is 1.75. The second-order valence-electron chi connectivity index (χ2n) is 3.13. The standard InChI is InChI=1S/C9H15NO3/c1-2-13-9(12)7-3-4-8(11)10-6-5-7/h7H,2-6H2,1H3,(H,10,11). The third kappa shape index (κ3) is 3.05. The second-order valence-corrected chi connectivity index (χ2v) is 3.13. The molecule has 74 valence electrons. The van der Waals surface area contributed by atoms with E-state index < -0.39 is 0 Å². The molecule has 0 aromatic rings. The average molecular weight is 185 g/mol. The third-order valence-corrected chi connectivity index (χ3v) is 2.15. The highest BCUT2D eigenvalue weighted by atomic mass is 16.5. The summed E-state index contributed by atoms with van der Waals surface area (Å²) in [5.74, 6) is -0.232. The lowest BCUT2D eigenvalue weighted by Gasteiger charge is -2.10. The SMILES string of the molecule is CCOC(=O)C1CCNC(=O)CC1. The van der Waals surface area contributed by atoms with E-state index in [4.69, 9.17) is 4.74 Å². The van der Waals surface area contributed by atoms with E-state index in [1.165, 1.54) is 0 Å². The fourth-order valence-corrected chi connectivity index (χ4v) is 1.42. The molecule has 1 unspecified atom stereocenters. The van der Waals surface area contributed by atoms with Gasteiger partial charge < -0.3 is 10.1 Å². The Kier molecular flexibility index (Phi) is 3.73. The molecule has 0 aromatic carbocycles. The maximum Gasteiger partial charge on any atom is 0.308 e. The number of hydrogen-bond acceptors (Lipinski definition) is 3. The Balaban J connectivity index is 2.41. The lowest BCUT2D eigenvalue weighted by atomic mass is 10.0. The molecule has 1 aliphatic rings. The molecule has 0 bridgehead atoms. The molecular weight excluding hydrogens is 170 g/mol. The topological polar surface area (TPSA) is 55.4 Å². The summed E-state index contributed by atoms with van der Waals surface area (Å²) >= 11 is 0. The Morgan fingerprint density at radius 3 is 3.08 bits per heavy atom. The van der Waals surface area contributed by atoms with Crippen LogP contribution in [0.25, 0.3) is 0 Å². The summed E-state index contributed by atoms with van der Waals surface area (Å²) in [5.41, 5.74) is 0. The molecule has 4 nitrogen and oxygen atoms in total. The number of hydrogen-bond donors (Lipinski definition) is 1. The van der Waals surface area contributed by atoms with Crippen LogP contribution in [0.5, 0.6) is 0 Å². The van der Waals surface area contributed by atoms with Gasteiger partial charge in [0.2, 0.25) is 5.91 Å². The van der Waals surface area contributed by atoms with Gasteiger partial charge in [-0.15, -0.1) is 0 Å². The predicted octanol–water partition coefficient (Wildman–Crippen LogP) is 0.466. The number of esters is 1. The van der Waals surface area contributed by atoms with Crippen molar-refractivity contribution < 1.29 is 14.3 Å². The van der Waals surface area contributed by atoms with Gasteiger partial charge in [0.25, 0.3) is 0 Å². The van der Waals surface area contributed by atoms with Gasteiger partial charge in [-0.1, -0.05) is 0 Å². The van der Waals surface area contributed by atoms with E-state index in [1.54, 1.807) is 6.92 Å². The first kappa shape index (κ1) is 10.0. The van der Waals surface area contributed by atoms with Crippen molar-refractivity contribution in [2.24, 2.45) is 5.92 Å². The van der Waals surface area contributed by atoms with Gasteiger partial charge in [-0.2, -0.15) is 0 Å². The van der Waals surface area contributed by atoms with E-state index in [0.717, 1.165) is 0 Å². The van der Waals surface area contributed by atoms with Gasteiger partial charge in [-0.05, 0) is 19.8 Å². The van der Waals surface area contributed by atoms with E-state index in [2.05, 4.69) is 5.32 Å². The van der Waals surface area contributed by atoms with Crippen molar-refractivity contribution in [2.75, 3.05) is 13.2 Å². The smallest absolute Gasteiger partial charge is 0.308 e.